The Labute approximate surface area is 110 Å². The summed E-state index contributed by atoms with van der Waals surface area (Å²) in [6.07, 6.45) is 2.65. The Morgan fingerprint density at radius 1 is 1.44 bits per heavy atom. The molecule has 0 atom stereocenters. The number of anilines is 1. The molecule has 9 heteroatoms. The van der Waals surface area contributed by atoms with Crippen molar-refractivity contribution in [3.63, 3.8) is 0 Å². The zero-order valence-electron chi connectivity index (χ0n) is 8.66. The van der Waals surface area contributed by atoms with Crippen LogP contribution in [0.2, 0.25) is 5.15 Å². The molecule has 0 saturated carbocycles. The van der Waals surface area contributed by atoms with E-state index < -0.39 is 10.8 Å². The lowest BCUT2D eigenvalue weighted by molar-refractivity contribution is -0.380. The SMILES string of the molecule is O=C(Nc1cncc(Cl)n1)c1ccc([N+](=O)[O-])s1. The van der Waals surface area contributed by atoms with Gasteiger partial charge < -0.3 is 5.32 Å². The van der Waals surface area contributed by atoms with Crippen molar-refractivity contribution in [2.75, 3.05) is 5.32 Å². The van der Waals surface area contributed by atoms with E-state index in [1.165, 1.54) is 24.5 Å². The largest absolute Gasteiger partial charge is 0.324 e. The highest BCUT2D eigenvalue weighted by Crippen LogP contribution is 2.24. The molecular formula is C9H5ClN4O3S. The summed E-state index contributed by atoms with van der Waals surface area (Å²) >= 11 is 6.39. The van der Waals surface area contributed by atoms with Crippen LogP contribution in [0.4, 0.5) is 10.8 Å². The third-order valence-corrected chi connectivity index (χ3v) is 3.06. The van der Waals surface area contributed by atoms with Crippen molar-refractivity contribution in [3.05, 3.63) is 44.7 Å². The molecule has 92 valence electrons. The van der Waals surface area contributed by atoms with Crippen molar-refractivity contribution in [2.45, 2.75) is 0 Å². The molecule has 7 nitrogen and oxygen atoms in total. The topological polar surface area (TPSA) is 98.0 Å². The van der Waals surface area contributed by atoms with Gasteiger partial charge in [-0.05, 0) is 6.07 Å². The molecule has 2 heterocycles. The van der Waals surface area contributed by atoms with Gasteiger partial charge in [0.15, 0.2) is 5.82 Å². The van der Waals surface area contributed by atoms with Gasteiger partial charge in [-0.2, -0.15) is 0 Å². The van der Waals surface area contributed by atoms with Crippen molar-refractivity contribution >= 4 is 39.7 Å². The number of halogens is 1. The minimum atomic E-state index is -0.555. The van der Waals surface area contributed by atoms with Crippen molar-refractivity contribution < 1.29 is 9.72 Å². The third-order valence-electron chi connectivity index (χ3n) is 1.84. The second-order valence-corrected chi connectivity index (χ2v) is 4.53. The number of carbonyl (C=O) groups is 1. The summed E-state index contributed by atoms with van der Waals surface area (Å²) in [7, 11) is 0. The minimum Gasteiger partial charge on any atom is -0.305 e. The van der Waals surface area contributed by atoms with Gasteiger partial charge in [0.25, 0.3) is 5.91 Å². The molecule has 0 saturated heterocycles. The van der Waals surface area contributed by atoms with E-state index in [9.17, 15) is 14.9 Å². The summed E-state index contributed by atoms with van der Waals surface area (Å²) in [4.78, 5) is 29.4. The molecule has 0 fully saturated rings. The van der Waals surface area contributed by atoms with Gasteiger partial charge in [-0.1, -0.05) is 22.9 Å². The maximum atomic E-state index is 11.7. The van der Waals surface area contributed by atoms with Crippen LogP contribution in [0.1, 0.15) is 9.67 Å². The molecule has 0 aliphatic carbocycles. The molecule has 2 rings (SSSR count). The average molecular weight is 285 g/mol. The van der Waals surface area contributed by atoms with E-state index in [1.807, 2.05) is 0 Å². The first-order valence-corrected chi connectivity index (χ1v) is 5.79. The minimum absolute atomic E-state index is 0.0997. The molecule has 1 N–H and O–H groups in total. The van der Waals surface area contributed by atoms with E-state index in [4.69, 9.17) is 11.6 Å². The molecule has 0 aliphatic rings. The number of amides is 1. The van der Waals surface area contributed by atoms with Crippen LogP contribution in [-0.4, -0.2) is 20.8 Å². The second-order valence-electron chi connectivity index (χ2n) is 3.08. The number of hydrogen-bond donors (Lipinski definition) is 1. The zero-order chi connectivity index (χ0) is 13.1. The molecule has 1 amide bonds. The molecule has 0 aliphatic heterocycles. The molecule has 0 aromatic carbocycles. The first-order valence-electron chi connectivity index (χ1n) is 4.59. The summed E-state index contributed by atoms with van der Waals surface area (Å²) in [5, 5.41) is 13.0. The van der Waals surface area contributed by atoms with Gasteiger partial charge in [0, 0.05) is 6.07 Å². The highest BCUT2D eigenvalue weighted by Gasteiger charge is 2.15. The third kappa shape index (κ3) is 2.79. The fourth-order valence-electron chi connectivity index (χ4n) is 1.13. The smallest absolute Gasteiger partial charge is 0.305 e. The number of rotatable bonds is 3. The molecule has 0 bridgehead atoms. The first-order chi connectivity index (χ1) is 8.56. The average Bonchev–Trinajstić information content (AvgIpc) is 2.78. The van der Waals surface area contributed by atoms with E-state index in [0.717, 1.165) is 11.3 Å². The van der Waals surface area contributed by atoms with Gasteiger partial charge in [-0.15, -0.1) is 0 Å². The summed E-state index contributed by atoms with van der Waals surface area (Å²) in [6, 6.07) is 2.64. The van der Waals surface area contributed by atoms with E-state index in [-0.39, 0.29) is 20.8 Å². The molecule has 2 aromatic rings. The number of nitro groups is 1. The van der Waals surface area contributed by atoms with Gasteiger partial charge in [0.05, 0.1) is 22.2 Å². The first kappa shape index (κ1) is 12.4. The van der Waals surface area contributed by atoms with Gasteiger partial charge in [-0.3, -0.25) is 19.9 Å². The predicted molar refractivity (Wildman–Crippen MR) is 66.0 cm³/mol. The second kappa shape index (κ2) is 5.07. The van der Waals surface area contributed by atoms with Gasteiger partial charge in [-0.25, -0.2) is 4.98 Å². The number of carbonyl (C=O) groups excluding carboxylic acids is 1. The van der Waals surface area contributed by atoms with Gasteiger partial charge >= 0.3 is 5.00 Å². The Balaban J connectivity index is 2.14. The Morgan fingerprint density at radius 3 is 2.83 bits per heavy atom. The van der Waals surface area contributed by atoms with Crippen molar-refractivity contribution in [1.82, 2.24) is 9.97 Å². The standard InChI is InChI=1S/C9H5ClN4O3S/c10-6-3-11-4-7(12-6)13-9(15)5-1-2-8(18-5)14(16)17/h1-4H,(H,12,13,15). The van der Waals surface area contributed by atoms with Gasteiger partial charge in [0.1, 0.15) is 5.15 Å². The van der Waals surface area contributed by atoms with Crippen LogP contribution in [-0.2, 0) is 0 Å². The van der Waals surface area contributed by atoms with Crippen LogP contribution in [0.3, 0.4) is 0 Å². The number of nitrogens with one attached hydrogen (secondary N) is 1. The Kier molecular flexibility index (Phi) is 3.49. The van der Waals surface area contributed by atoms with Crippen molar-refractivity contribution in [1.29, 1.82) is 0 Å². The highest BCUT2D eigenvalue weighted by molar-refractivity contribution is 7.17. The quantitative estimate of drug-likeness (QED) is 0.689. The van der Waals surface area contributed by atoms with Crippen LogP contribution >= 0.6 is 22.9 Å². The Hall–Kier alpha value is -2.06. The summed E-state index contributed by atoms with van der Waals surface area (Å²) in [5.41, 5.74) is 0. The van der Waals surface area contributed by atoms with Crippen LogP contribution in [0.25, 0.3) is 0 Å². The maximum Gasteiger partial charge on any atom is 0.324 e. The fraction of sp³-hybridized carbons (Fsp3) is 0. The maximum absolute atomic E-state index is 11.7. The van der Waals surface area contributed by atoms with E-state index in [1.54, 1.807) is 0 Å². The zero-order valence-corrected chi connectivity index (χ0v) is 10.2. The molecule has 0 unspecified atom stereocenters. The number of thiophene rings is 1. The van der Waals surface area contributed by atoms with E-state index >= 15 is 0 Å². The highest BCUT2D eigenvalue weighted by atomic mass is 35.5. The van der Waals surface area contributed by atoms with Crippen molar-refractivity contribution in [2.24, 2.45) is 0 Å². The molecule has 2 aromatic heterocycles. The van der Waals surface area contributed by atoms with Gasteiger partial charge in [0.2, 0.25) is 0 Å². The Bertz CT molecular complexity index is 615. The van der Waals surface area contributed by atoms with Crippen LogP contribution < -0.4 is 5.32 Å². The summed E-state index contributed by atoms with van der Waals surface area (Å²) < 4.78 is 0. The van der Waals surface area contributed by atoms with Crippen LogP contribution in [0.15, 0.2) is 24.5 Å². The molecule has 0 radical (unpaired) electrons. The van der Waals surface area contributed by atoms with Crippen LogP contribution in [0, 0.1) is 10.1 Å². The molecule has 0 spiro atoms. The predicted octanol–water partition coefficient (Wildman–Crippen LogP) is 2.35. The number of aromatic nitrogens is 2. The van der Waals surface area contributed by atoms with Crippen molar-refractivity contribution in [3.8, 4) is 0 Å². The van der Waals surface area contributed by atoms with E-state index in [0.29, 0.717) is 0 Å². The fourth-order valence-corrected chi connectivity index (χ4v) is 1.99. The lowest BCUT2D eigenvalue weighted by atomic mass is 10.4. The number of nitrogens with zero attached hydrogens (tertiary/aromatic N) is 3. The lowest BCUT2D eigenvalue weighted by Crippen LogP contribution is -2.11. The summed E-state index contributed by atoms with van der Waals surface area (Å²) in [5.74, 6) is -0.312. The monoisotopic (exact) mass is 284 g/mol. The molecular weight excluding hydrogens is 280 g/mol. The normalized spacial score (nSPS) is 10.1. The molecule has 18 heavy (non-hydrogen) atoms. The number of hydrogen-bond acceptors (Lipinski definition) is 6. The van der Waals surface area contributed by atoms with Crippen LogP contribution in [0.5, 0.6) is 0 Å². The van der Waals surface area contributed by atoms with E-state index in [2.05, 4.69) is 15.3 Å². The Morgan fingerprint density at radius 2 is 2.22 bits per heavy atom. The summed E-state index contributed by atoms with van der Waals surface area (Å²) in [6.45, 7) is 0. The lowest BCUT2D eigenvalue weighted by Gasteiger charge is -2.01.